The number of carbonyl (C=O) groups is 1. The van der Waals surface area contributed by atoms with Crippen molar-refractivity contribution >= 4 is 5.91 Å². The number of para-hydroxylation sites is 1. The number of aromatic nitrogens is 1. The van der Waals surface area contributed by atoms with Crippen LogP contribution in [0, 0.1) is 6.92 Å². The highest BCUT2D eigenvalue weighted by Gasteiger charge is 2.14. The molecule has 1 aromatic heterocycles. The Morgan fingerprint density at radius 3 is 2.55 bits per heavy atom. The molecule has 0 saturated heterocycles. The average Bonchev–Trinajstić information content (AvgIpc) is 2.77. The van der Waals surface area contributed by atoms with Crippen molar-refractivity contribution in [3.05, 3.63) is 53.9 Å². The van der Waals surface area contributed by atoms with E-state index in [-0.39, 0.29) is 5.91 Å². The van der Waals surface area contributed by atoms with Gasteiger partial charge in [-0.15, -0.1) is 0 Å². The number of amides is 1. The minimum atomic E-state index is -0.515. The van der Waals surface area contributed by atoms with Crippen molar-refractivity contribution in [3.63, 3.8) is 0 Å². The molecule has 2 rings (SSSR count). The third-order valence-corrected chi connectivity index (χ3v) is 3.35. The molecule has 4 nitrogen and oxygen atoms in total. The molecule has 4 heteroatoms. The van der Waals surface area contributed by atoms with E-state index in [4.69, 9.17) is 4.74 Å². The maximum atomic E-state index is 12.0. The molecule has 1 aromatic carbocycles. The molecule has 0 aliphatic carbocycles. The molecular formula is C16H20N2O2. The molecule has 0 aliphatic rings. The minimum absolute atomic E-state index is 0.118. The van der Waals surface area contributed by atoms with E-state index in [1.807, 2.05) is 56.4 Å². The van der Waals surface area contributed by atoms with Crippen LogP contribution in [-0.2, 0) is 18.4 Å². The third kappa shape index (κ3) is 3.41. The van der Waals surface area contributed by atoms with Gasteiger partial charge in [-0.3, -0.25) is 4.79 Å². The third-order valence-electron chi connectivity index (χ3n) is 3.35. The van der Waals surface area contributed by atoms with Crippen LogP contribution >= 0.6 is 0 Å². The summed E-state index contributed by atoms with van der Waals surface area (Å²) in [6, 6.07) is 13.4. The van der Waals surface area contributed by atoms with Gasteiger partial charge in [0.2, 0.25) is 0 Å². The number of carbonyl (C=O) groups excluding carboxylic acids is 1. The van der Waals surface area contributed by atoms with Gasteiger partial charge in [-0.25, -0.2) is 0 Å². The Balaban J connectivity index is 1.87. The summed E-state index contributed by atoms with van der Waals surface area (Å²) >= 11 is 0. The SMILES string of the molecule is Cc1ccc(CNC(=O)[C@@H](C)Oc2ccccc2)n1C. The number of hydrogen-bond acceptors (Lipinski definition) is 2. The summed E-state index contributed by atoms with van der Waals surface area (Å²) in [5.41, 5.74) is 2.24. The van der Waals surface area contributed by atoms with Gasteiger partial charge in [0, 0.05) is 18.4 Å². The molecule has 1 atom stereocenters. The lowest BCUT2D eigenvalue weighted by Crippen LogP contribution is -2.36. The quantitative estimate of drug-likeness (QED) is 0.908. The Kier molecular flexibility index (Phi) is 4.45. The first kappa shape index (κ1) is 14.2. The number of nitrogens with zero attached hydrogens (tertiary/aromatic N) is 1. The molecular weight excluding hydrogens is 252 g/mol. The highest BCUT2D eigenvalue weighted by molar-refractivity contribution is 5.80. The van der Waals surface area contributed by atoms with Gasteiger partial charge < -0.3 is 14.6 Å². The van der Waals surface area contributed by atoms with Gasteiger partial charge in [-0.2, -0.15) is 0 Å². The lowest BCUT2D eigenvalue weighted by Gasteiger charge is -2.15. The average molecular weight is 272 g/mol. The summed E-state index contributed by atoms with van der Waals surface area (Å²) in [4.78, 5) is 12.0. The number of ether oxygens (including phenoxy) is 1. The maximum absolute atomic E-state index is 12.0. The molecule has 0 spiro atoms. The van der Waals surface area contributed by atoms with E-state index in [9.17, 15) is 4.79 Å². The van der Waals surface area contributed by atoms with Gasteiger partial charge in [0.1, 0.15) is 5.75 Å². The topological polar surface area (TPSA) is 43.3 Å². The van der Waals surface area contributed by atoms with E-state index in [2.05, 4.69) is 9.88 Å². The fourth-order valence-corrected chi connectivity index (χ4v) is 1.92. The van der Waals surface area contributed by atoms with Crippen LogP contribution in [0.25, 0.3) is 0 Å². The Hall–Kier alpha value is -2.23. The van der Waals surface area contributed by atoms with Gasteiger partial charge >= 0.3 is 0 Å². The van der Waals surface area contributed by atoms with E-state index in [1.165, 1.54) is 5.69 Å². The fraction of sp³-hybridized carbons (Fsp3) is 0.312. The highest BCUT2D eigenvalue weighted by atomic mass is 16.5. The van der Waals surface area contributed by atoms with Crippen molar-refractivity contribution < 1.29 is 9.53 Å². The zero-order valence-electron chi connectivity index (χ0n) is 12.1. The summed E-state index contributed by atoms with van der Waals surface area (Å²) < 4.78 is 7.64. The second-order valence-corrected chi connectivity index (χ2v) is 4.82. The van der Waals surface area contributed by atoms with Crippen LogP contribution in [0.3, 0.4) is 0 Å². The van der Waals surface area contributed by atoms with E-state index >= 15 is 0 Å². The van der Waals surface area contributed by atoms with Crippen molar-refractivity contribution in [1.29, 1.82) is 0 Å². The van der Waals surface area contributed by atoms with Crippen molar-refractivity contribution in [2.24, 2.45) is 7.05 Å². The lowest BCUT2D eigenvalue weighted by molar-refractivity contribution is -0.127. The molecule has 2 aromatic rings. The van der Waals surface area contributed by atoms with Gasteiger partial charge in [0.15, 0.2) is 6.10 Å². The van der Waals surface area contributed by atoms with Crippen LogP contribution in [0.2, 0.25) is 0 Å². The zero-order valence-corrected chi connectivity index (χ0v) is 12.1. The maximum Gasteiger partial charge on any atom is 0.261 e. The standard InChI is InChI=1S/C16H20N2O2/c1-12-9-10-14(18(12)3)11-17-16(19)13(2)20-15-7-5-4-6-8-15/h4-10,13H,11H2,1-3H3,(H,17,19)/t13-/m1/s1. The monoisotopic (exact) mass is 272 g/mol. The molecule has 1 heterocycles. The number of hydrogen-bond donors (Lipinski definition) is 1. The molecule has 1 N–H and O–H groups in total. The first-order valence-corrected chi connectivity index (χ1v) is 6.68. The molecule has 0 aliphatic heterocycles. The molecule has 1 amide bonds. The normalized spacial score (nSPS) is 11.9. The first-order valence-electron chi connectivity index (χ1n) is 6.68. The minimum Gasteiger partial charge on any atom is -0.481 e. The van der Waals surface area contributed by atoms with Crippen molar-refractivity contribution in [2.75, 3.05) is 0 Å². The number of rotatable bonds is 5. The predicted octanol–water partition coefficient (Wildman–Crippen LogP) is 2.42. The molecule has 0 saturated carbocycles. The Morgan fingerprint density at radius 1 is 1.25 bits per heavy atom. The molecule has 106 valence electrons. The molecule has 20 heavy (non-hydrogen) atoms. The van der Waals surface area contributed by atoms with Crippen molar-refractivity contribution in [3.8, 4) is 5.75 Å². The van der Waals surface area contributed by atoms with E-state index < -0.39 is 6.10 Å². The molecule has 0 bridgehead atoms. The van der Waals surface area contributed by atoms with E-state index in [0.717, 1.165) is 5.69 Å². The van der Waals surface area contributed by atoms with Crippen molar-refractivity contribution in [1.82, 2.24) is 9.88 Å². The summed E-state index contributed by atoms with van der Waals surface area (Å²) in [6.45, 7) is 4.29. The fourth-order valence-electron chi connectivity index (χ4n) is 1.92. The van der Waals surface area contributed by atoms with Crippen LogP contribution < -0.4 is 10.1 Å². The predicted molar refractivity (Wildman–Crippen MR) is 78.5 cm³/mol. The number of aryl methyl sites for hydroxylation is 1. The molecule has 0 unspecified atom stereocenters. The van der Waals surface area contributed by atoms with Crippen LogP contribution in [0.4, 0.5) is 0 Å². The smallest absolute Gasteiger partial charge is 0.261 e. The van der Waals surface area contributed by atoms with Crippen LogP contribution in [0.5, 0.6) is 5.75 Å². The Labute approximate surface area is 119 Å². The summed E-state index contributed by atoms with van der Waals surface area (Å²) in [6.07, 6.45) is -0.515. The lowest BCUT2D eigenvalue weighted by atomic mass is 10.3. The molecule has 0 fully saturated rings. The summed E-state index contributed by atoms with van der Waals surface area (Å²) in [7, 11) is 1.99. The second kappa shape index (κ2) is 6.28. The molecule has 0 radical (unpaired) electrons. The van der Waals surface area contributed by atoms with Crippen molar-refractivity contribution in [2.45, 2.75) is 26.5 Å². The first-order chi connectivity index (χ1) is 9.58. The summed E-state index contributed by atoms with van der Waals surface area (Å²) in [5, 5.41) is 2.89. The second-order valence-electron chi connectivity index (χ2n) is 4.82. The Bertz CT molecular complexity index is 575. The van der Waals surface area contributed by atoms with Gasteiger partial charge in [-0.1, -0.05) is 18.2 Å². The zero-order chi connectivity index (χ0) is 14.5. The van der Waals surface area contributed by atoms with Crippen LogP contribution in [0.15, 0.2) is 42.5 Å². The van der Waals surface area contributed by atoms with Gasteiger partial charge in [0.25, 0.3) is 5.91 Å². The van der Waals surface area contributed by atoms with E-state index in [1.54, 1.807) is 6.92 Å². The largest absolute Gasteiger partial charge is 0.481 e. The summed E-state index contributed by atoms with van der Waals surface area (Å²) in [5.74, 6) is 0.581. The number of benzene rings is 1. The van der Waals surface area contributed by atoms with Crippen LogP contribution in [-0.4, -0.2) is 16.6 Å². The Morgan fingerprint density at radius 2 is 1.95 bits per heavy atom. The van der Waals surface area contributed by atoms with Gasteiger partial charge in [0.05, 0.1) is 6.54 Å². The van der Waals surface area contributed by atoms with Crippen LogP contribution in [0.1, 0.15) is 18.3 Å². The van der Waals surface area contributed by atoms with E-state index in [0.29, 0.717) is 12.3 Å². The van der Waals surface area contributed by atoms with Gasteiger partial charge in [-0.05, 0) is 38.1 Å². The highest BCUT2D eigenvalue weighted by Crippen LogP contribution is 2.11. The number of nitrogens with one attached hydrogen (secondary N) is 1.